The van der Waals surface area contributed by atoms with E-state index in [2.05, 4.69) is 9.97 Å². The van der Waals surface area contributed by atoms with Crippen LogP contribution in [0.5, 0.6) is 0 Å². The van der Waals surface area contributed by atoms with E-state index in [1.54, 1.807) is 18.2 Å². The van der Waals surface area contributed by atoms with Crippen molar-refractivity contribution in [1.82, 2.24) is 9.97 Å². The van der Waals surface area contributed by atoms with Gasteiger partial charge in [-0.15, -0.1) is 0 Å². The summed E-state index contributed by atoms with van der Waals surface area (Å²) >= 11 is 5.89. The summed E-state index contributed by atoms with van der Waals surface area (Å²) in [6, 6.07) is 11.0. The van der Waals surface area contributed by atoms with Gasteiger partial charge in [-0.05, 0) is 30.7 Å². The molecule has 0 spiro atoms. The molecule has 3 aromatic rings. The Kier molecular flexibility index (Phi) is 5.63. The number of nitrogens with zero attached hydrogens (tertiary/aromatic N) is 1. The van der Waals surface area contributed by atoms with E-state index < -0.39 is 11.8 Å². The summed E-state index contributed by atoms with van der Waals surface area (Å²) in [6.07, 6.45) is 1.11. The lowest BCUT2D eigenvalue weighted by molar-refractivity contribution is -0.145. The van der Waals surface area contributed by atoms with Crippen molar-refractivity contribution < 1.29 is 13.9 Å². The number of aromatic amines is 1. The molecule has 0 atom stereocenters. The van der Waals surface area contributed by atoms with Crippen molar-refractivity contribution in [2.24, 2.45) is 0 Å². The van der Waals surface area contributed by atoms with E-state index in [0.717, 1.165) is 0 Å². The Morgan fingerprint density at radius 3 is 2.85 bits per heavy atom. The number of H-pyrrole nitrogens is 1. The highest BCUT2D eigenvalue weighted by Gasteiger charge is 2.08. The minimum atomic E-state index is -0.443. The summed E-state index contributed by atoms with van der Waals surface area (Å²) in [5.41, 5.74) is 0.973. The molecule has 0 saturated carbocycles. The summed E-state index contributed by atoms with van der Waals surface area (Å²) < 4.78 is 18.1. The predicted octanol–water partition coefficient (Wildman–Crippen LogP) is 3.78. The monoisotopic (exact) mass is 374 g/mol. The Labute approximate surface area is 153 Å². The number of nitrogens with one attached hydrogen (secondary N) is 1. The number of hydrogen-bond donors (Lipinski definition) is 1. The fraction of sp³-hybridized carbons (Fsp3) is 0.211. The molecule has 5 nitrogen and oxygen atoms in total. The van der Waals surface area contributed by atoms with Gasteiger partial charge >= 0.3 is 5.97 Å². The van der Waals surface area contributed by atoms with Crippen LogP contribution in [0.4, 0.5) is 4.39 Å². The van der Waals surface area contributed by atoms with Crippen molar-refractivity contribution in [2.75, 3.05) is 0 Å². The van der Waals surface area contributed by atoms with Crippen molar-refractivity contribution in [2.45, 2.75) is 25.9 Å². The molecule has 26 heavy (non-hydrogen) atoms. The van der Waals surface area contributed by atoms with Crippen LogP contribution in [0.15, 0.2) is 47.3 Å². The molecule has 1 N–H and O–H groups in total. The molecule has 0 unspecified atom stereocenters. The highest BCUT2D eigenvalue weighted by molar-refractivity contribution is 6.31. The van der Waals surface area contributed by atoms with Crippen LogP contribution in [0, 0.1) is 5.82 Å². The molecule has 0 aliphatic heterocycles. The third kappa shape index (κ3) is 4.46. The van der Waals surface area contributed by atoms with Gasteiger partial charge in [-0.2, -0.15) is 0 Å². The molecule has 2 aromatic carbocycles. The number of ether oxygens (including phenoxy) is 1. The van der Waals surface area contributed by atoms with Gasteiger partial charge in [-0.1, -0.05) is 29.8 Å². The molecular weight excluding hydrogens is 359 g/mol. The predicted molar refractivity (Wildman–Crippen MR) is 96.5 cm³/mol. The molecule has 7 heteroatoms. The van der Waals surface area contributed by atoms with Gasteiger partial charge < -0.3 is 9.72 Å². The van der Waals surface area contributed by atoms with Crippen molar-refractivity contribution in [3.63, 3.8) is 0 Å². The lowest BCUT2D eigenvalue weighted by Crippen LogP contribution is -2.12. The van der Waals surface area contributed by atoms with Crippen LogP contribution in [0.1, 0.15) is 24.2 Å². The number of aryl methyl sites for hydroxylation is 1. The maximum absolute atomic E-state index is 13.0. The second kappa shape index (κ2) is 8.10. The molecule has 134 valence electrons. The van der Waals surface area contributed by atoms with Crippen LogP contribution >= 0.6 is 11.6 Å². The molecule has 0 bridgehead atoms. The Morgan fingerprint density at radius 2 is 2.04 bits per heavy atom. The van der Waals surface area contributed by atoms with Crippen LogP contribution < -0.4 is 5.56 Å². The lowest BCUT2D eigenvalue weighted by Gasteiger charge is -2.07. The van der Waals surface area contributed by atoms with E-state index >= 15 is 0 Å². The molecule has 1 heterocycles. The normalized spacial score (nSPS) is 10.8. The number of carbonyl (C=O) groups excluding carboxylic acids is 1. The van der Waals surface area contributed by atoms with E-state index in [9.17, 15) is 14.0 Å². The summed E-state index contributed by atoms with van der Waals surface area (Å²) in [5.74, 6) is -0.307. The Bertz CT molecular complexity index is 1000. The van der Waals surface area contributed by atoms with Crippen LogP contribution in [-0.4, -0.2) is 15.9 Å². The van der Waals surface area contributed by atoms with Crippen LogP contribution in [0.25, 0.3) is 10.9 Å². The number of carbonyl (C=O) groups is 1. The van der Waals surface area contributed by atoms with Gasteiger partial charge in [0, 0.05) is 18.4 Å². The van der Waals surface area contributed by atoms with Crippen molar-refractivity contribution in [3.05, 3.63) is 75.0 Å². The Hall–Kier alpha value is -2.73. The number of benzene rings is 2. The van der Waals surface area contributed by atoms with E-state index in [0.29, 0.717) is 35.1 Å². The van der Waals surface area contributed by atoms with E-state index in [-0.39, 0.29) is 23.6 Å². The minimum Gasteiger partial charge on any atom is -0.461 e. The van der Waals surface area contributed by atoms with Gasteiger partial charge in [0.2, 0.25) is 0 Å². The zero-order chi connectivity index (χ0) is 18.5. The number of rotatable bonds is 6. The molecule has 0 saturated heterocycles. The van der Waals surface area contributed by atoms with Gasteiger partial charge in [0.05, 0.1) is 15.9 Å². The quantitative estimate of drug-likeness (QED) is 0.666. The maximum Gasteiger partial charge on any atom is 0.306 e. The number of hydrogen-bond acceptors (Lipinski definition) is 4. The molecule has 0 aliphatic carbocycles. The first-order valence-corrected chi connectivity index (χ1v) is 8.48. The number of para-hydroxylation sites is 1. The number of aromatic nitrogens is 2. The summed E-state index contributed by atoms with van der Waals surface area (Å²) in [7, 11) is 0. The van der Waals surface area contributed by atoms with Crippen molar-refractivity contribution in [3.8, 4) is 0 Å². The van der Waals surface area contributed by atoms with E-state index in [1.165, 1.54) is 18.2 Å². The summed E-state index contributed by atoms with van der Waals surface area (Å²) in [4.78, 5) is 30.9. The molecule has 0 amide bonds. The zero-order valence-corrected chi connectivity index (χ0v) is 14.6. The summed E-state index contributed by atoms with van der Waals surface area (Å²) in [5, 5.41) is 0.752. The SMILES string of the molecule is O=C(CCCc1nc2ccccc2c(=O)[nH]1)OCc1ccc(F)cc1Cl. The van der Waals surface area contributed by atoms with E-state index in [4.69, 9.17) is 16.3 Å². The first kappa shape index (κ1) is 18.1. The number of esters is 1. The Balaban J connectivity index is 1.51. The fourth-order valence-electron chi connectivity index (χ4n) is 2.52. The largest absolute Gasteiger partial charge is 0.461 e. The van der Waals surface area contributed by atoms with Gasteiger partial charge in [-0.25, -0.2) is 9.37 Å². The van der Waals surface area contributed by atoms with Crippen molar-refractivity contribution >= 4 is 28.5 Å². The first-order chi connectivity index (χ1) is 12.5. The second-order valence-electron chi connectivity index (χ2n) is 5.78. The van der Waals surface area contributed by atoms with Gasteiger partial charge in [0.25, 0.3) is 5.56 Å². The van der Waals surface area contributed by atoms with Crippen LogP contribution in [0.3, 0.4) is 0 Å². The third-order valence-electron chi connectivity index (χ3n) is 3.86. The standard InChI is InChI=1S/C19H16ClFN2O3/c20-15-10-13(21)9-8-12(15)11-26-18(24)7-3-6-17-22-16-5-2-1-4-14(16)19(25)23-17/h1-2,4-5,8-10H,3,6-7,11H2,(H,22,23,25). The number of halogens is 2. The summed E-state index contributed by atoms with van der Waals surface area (Å²) in [6.45, 7) is -0.0109. The highest BCUT2D eigenvalue weighted by Crippen LogP contribution is 2.18. The van der Waals surface area contributed by atoms with E-state index in [1.807, 2.05) is 6.07 Å². The third-order valence-corrected chi connectivity index (χ3v) is 4.21. The average Bonchev–Trinajstić information content (AvgIpc) is 2.61. The zero-order valence-electron chi connectivity index (χ0n) is 13.8. The average molecular weight is 375 g/mol. The van der Waals surface area contributed by atoms with Gasteiger partial charge in [-0.3, -0.25) is 9.59 Å². The van der Waals surface area contributed by atoms with Gasteiger partial charge in [0.1, 0.15) is 18.2 Å². The lowest BCUT2D eigenvalue weighted by atomic mass is 10.2. The minimum absolute atomic E-state index is 0.0109. The maximum atomic E-state index is 13.0. The Morgan fingerprint density at radius 1 is 1.23 bits per heavy atom. The molecule has 0 aliphatic rings. The molecule has 3 rings (SSSR count). The molecule has 0 radical (unpaired) electrons. The van der Waals surface area contributed by atoms with Gasteiger partial charge in [0.15, 0.2) is 0 Å². The van der Waals surface area contributed by atoms with Crippen LogP contribution in [-0.2, 0) is 22.6 Å². The highest BCUT2D eigenvalue weighted by atomic mass is 35.5. The molecule has 0 fully saturated rings. The fourth-order valence-corrected chi connectivity index (χ4v) is 2.74. The topological polar surface area (TPSA) is 72.0 Å². The van der Waals surface area contributed by atoms with Crippen molar-refractivity contribution in [1.29, 1.82) is 0 Å². The number of fused-ring (bicyclic) bond motifs is 1. The second-order valence-corrected chi connectivity index (χ2v) is 6.19. The molecule has 1 aromatic heterocycles. The molecular formula is C19H16ClFN2O3. The first-order valence-electron chi connectivity index (χ1n) is 8.10. The van der Waals surface area contributed by atoms with Crippen LogP contribution in [0.2, 0.25) is 5.02 Å². The smallest absolute Gasteiger partial charge is 0.306 e.